The number of hydrogen-bond donors (Lipinski definition) is 1. The molecule has 3 rings (SSSR count). The third-order valence-electron chi connectivity index (χ3n) is 4.82. The summed E-state index contributed by atoms with van der Waals surface area (Å²) in [6.45, 7) is 4.95. The maximum atomic E-state index is 13.1. The van der Waals surface area contributed by atoms with Crippen molar-refractivity contribution in [3.05, 3.63) is 40.3 Å². The predicted octanol–water partition coefficient (Wildman–Crippen LogP) is 2.44. The summed E-state index contributed by atoms with van der Waals surface area (Å²) in [7, 11) is -2.39. The van der Waals surface area contributed by atoms with Crippen LogP contribution < -0.4 is 10.1 Å². The summed E-state index contributed by atoms with van der Waals surface area (Å²) < 4.78 is 43.1. The van der Waals surface area contributed by atoms with Crippen LogP contribution in [-0.4, -0.2) is 64.6 Å². The number of nitrogens with zero attached hydrogens (tertiary/aromatic N) is 1. The summed E-state index contributed by atoms with van der Waals surface area (Å²) in [5.74, 6) is -0.543. The number of aryl methyl sites for hydroxylation is 1. The summed E-state index contributed by atoms with van der Waals surface area (Å²) in [5.41, 5.74) is 1.24. The molecule has 2 heterocycles. The van der Waals surface area contributed by atoms with Gasteiger partial charge < -0.3 is 19.5 Å². The maximum absolute atomic E-state index is 13.1. The van der Waals surface area contributed by atoms with Crippen molar-refractivity contribution in [2.24, 2.45) is 0 Å². The number of benzene rings is 1. The van der Waals surface area contributed by atoms with Crippen molar-refractivity contribution >= 4 is 38.2 Å². The Morgan fingerprint density at radius 1 is 1.22 bits per heavy atom. The molecular weight excluding hydrogens is 456 g/mol. The van der Waals surface area contributed by atoms with Gasteiger partial charge in [-0.3, -0.25) is 4.79 Å². The molecule has 1 amide bonds. The van der Waals surface area contributed by atoms with Gasteiger partial charge >= 0.3 is 5.97 Å². The fourth-order valence-corrected chi connectivity index (χ4v) is 5.87. The van der Waals surface area contributed by atoms with E-state index in [0.29, 0.717) is 34.2 Å². The molecule has 0 atom stereocenters. The highest BCUT2D eigenvalue weighted by molar-refractivity contribution is 7.89. The number of sulfonamides is 1. The van der Waals surface area contributed by atoms with Crippen LogP contribution in [0.5, 0.6) is 5.75 Å². The lowest BCUT2D eigenvalue weighted by Crippen LogP contribution is -2.40. The molecule has 1 N–H and O–H groups in total. The van der Waals surface area contributed by atoms with Crippen molar-refractivity contribution in [2.45, 2.75) is 25.2 Å². The van der Waals surface area contributed by atoms with Gasteiger partial charge in [-0.15, -0.1) is 11.3 Å². The van der Waals surface area contributed by atoms with E-state index < -0.39 is 16.0 Å². The smallest absolute Gasteiger partial charge is 0.348 e. The van der Waals surface area contributed by atoms with Crippen LogP contribution in [0.1, 0.15) is 27.7 Å². The second-order valence-electron chi connectivity index (χ2n) is 7.07. The van der Waals surface area contributed by atoms with Gasteiger partial charge in [0, 0.05) is 13.1 Å². The molecule has 0 saturated carbocycles. The molecule has 1 aromatic carbocycles. The van der Waals surface area contributed by atoms with Crippen LogP contribution in [0.2, 0.25) is 0 Å². The first-order chi connectivity index (χ1) is 15.3. The quantitative estimate of drug-likeness (QED) is 0.575. The first-order valence-corrected chi connectivity index (χ1v) is 12.3. The molecule has 2 aromatic rings. The number of esters is 1. The third-order valence-corrected chi connectivity index (χ3v) is 7.87. The van der Waals surface area contributed by atoms with Crippen molar-refractivity contribution in [3.63, 3.8) is 0 Å². The molecule has 0 bridgehead atoms. The van der Waals surface area contributed by atoms with Crippen LogP contribution >= 0.6 is 11.3 Å². The van der Waals surface area contributed by atoms with Gasteiger partial charge in [-0.25, -0.2) is 13.2 Å². The average Bonchev–Trinajstić information content (AvgIpc) is 3.14. The van der Waals surface area contributed by atoms with Crippen LogP contribution in [-0.2, 0) is 30.7 Å². The lowest BCUT2D eigenvalue weighted by molar-refractivity contribution is -0.115. The third kappa shape index (κ3) is 5.47. The second kappa shape index (κ2) is 10.4. The van der Waals surface area contributed by atoms with Crippen LogP contribution in [0.15, 0.2) is 29.2 Å². The fourth-order valence-electron chi connectivity index (χ4n) is 3.27. The number of carbonyl (C=O) groups excluding carboxylic acids is 2. The second-order valence-corrected chi connectivity index (χ2v) is 10.0. The van der Waals surface area contributed by atoms with Crippen molar-refractivity contribution in [2.75, 3.05) is 45.3 Å². The van der Waals surface area contributed by atoms with Gasteiger partial charge in [-0.05, 0) is 43.2 Å². The molecule has 11 heteroatoms. The Kier molecular flexibility index (Phi) is 7.88. The number of carbonyl (C=O) groups is 2. The first-order valence-electron chi connectivity index (χ1n) is 10.1. The van der Waals surface area contributed by atoms with E-state index in [0.717, 1.165) is 11.3 Å². The Hall–Kier alpha value is -2.47. The number of hydrogen-bond acceptors (Lipinski definition) is 8. The Morgan fingerprint density at radius 2 is 1.94 bits per heavy atom. The minimum Gasteiger partial charge on any atom is -0.495 e. The van der Waals surface area contributed by atoms with Crippen LogP contribution in [0.25, 0.3) is 0 Å². The fraction of sp³-hybridized carbons (Fsp3) is 0.429. The summed E-state index contributed by atoms with van der Waals surface area (Å²) in [6.07, 6.45) is -0.0404. The molecule has 1 saturated heterocycles. The van der Waals surface area contributed by atoms with Gasteiger partial charge in [-0.2, -0.15) is 4.31 Å². The van der Waals surface area contributed by atoms with Gasteiger partial charge in [0.25, 0.3) is 0 Å². The van der Waals surface area contributed by atoms with Crippen LogP contribution in [0, 0.1) is 6.92 Å². The molecule has 1 aliphatic rings. The summed E-state index contributed by atoms with van der Waals surface area (Å²) >= 11 is 1.14. The minimum absolute atomic E-state index is 0.0174. The summed E-state index contributed by atoms with van der Waals surface area (Å²) in [5, 5.41) is 3.28. The number of nitrogens with one attached hydrogen (secondary N) is 1. The zero-order valence-corrected chi connectivity index (χ0v) is 19.8. The molecule has 32 heavy (non-hydrogen) atoms. The molecule has 9 nitrogen and oxygen atoms in total. The predicted molar refractivity (Wildman–Crippen MR) is 120 cm³/mol. The van der Waals surface area contributed by atoms with E-state index in [1.807, 2.05) is 0 Å². The highest BCUT2D eigenvalue weighted by atomic mass is 32.2. The van der Waals surface area contributed by atoms with Crippen LogP contribution in [0.4, 0.5) is 5.00 Å². The van der Waals surface area contributed by atoms with E-state index in [9.17, 15) is 18.0 Å². The van der Waals surface area contributed by atoms with Crippen molar-refractivity contribution < 1.29 is 32.2 Å². The van der Waals surface area contributed by atoms with E-state index in [1.165, 1.54) is 17.5 Å². The molecule has 0 unspecified atom stereocenters. The van der Waals surface area contributed by atoms with E-state index >= 15 is 0 Å². The molecule has 174 valence electrons. The molecule has 0 radical (unpaired) electrons. The normalized spacial score (nSPS) is 14.7. The lowest BCUT2D eigenvalue weighted by Gasteiger charge is -2.26. The number of anilines is 1. The number of amides is 1. The zero-order valence-electron chi connectivity index (χ0n) is 18.2. The SMILES string of the molecule is CCOC(=O)c1sc(NC(=O)Cc2ccc(OC)c(S(=O)(=O)N3CCOCC3)c2)cc1C. The number of morpholine rings is 1. The molecule has 1 fully saturated rings. The molecule has 0 aliphatic carbocycles. The largest absolute Gasteiger partial charge is 0.495 e. The minimum atomic E-state index is -3.79. The highest BCUT2D eigenvalue weighted by Crippen LogP contribution is 2.30. The van der Waals surface area contributed by atoms with Crippen molar-refractivity contribution in [1.82, 2.24) is 4.31 Å². The van der Waals surface area contributed by atoms with Gasteiger partial charge in [0.1, 0.15) is 15.5 Å². The topological polar surface area (TPSA) is 111 Å². The van der Waals surface area contributed by atoms with Crippen molar-refractivity contribution in [3.8, 4) is 5.75 Å². The zero-order chi connectivity index (χ0) is 23.3. The average molecular weight is 483 g/mol. The summed E-state index contributed by atoms with van der Waals surface area (Å²) in [4.78, 5) is 25.0. The van der Waals surface area contributed by atoms with Gasteiger partial charge in [0.15, 0.2) is 0 Å². The van der Waals surface area contributed by atoms with Gasteiger partial charge in [-0.1, -0.05) is 6.07 Å². The Morgan fingerprint density at radius 3 is 2.59 bits per heavy atom. The van der Waals surface area contributed by atoms with Gasteiger partial charge in [0.2, 0.25) is 15.9 Å². The first kappa shape index (κ1) is 24.2. The Bertz CT molecular complexity index is 1090. The standard InChI is InChI=1S/C21H26N2O7S2/c1-4-30-21(25)20-14(2)11-19(31-20)22-18(24)13-15-5-6-16(28-3)17(12-15)32(26,27)23-7-9-29-10-8-23/h5-6,11-12H,4,7-10,13H2,1-3H3,(H,22,24). The van der Waals surface area contributed by atoms with Crippen LogP contribution in [0.3, 0.4) is 0 Å². The van der Waals surface area contributed by atoms with E-state index in [-0.39, 0.29) is 42.7 Å². The lowest BCUT2D eigenvalue weighted by atomic mass is 10.1. The highest BCUT2D eigenvalue weighted by Gasteiger charge is 2.29. The molecule has 0 spiro atoms. The number of thiophene rings is 1. The molecule has 1 aliphatic heterocycles. The molecule has 1 aromatic heterocycles. The Balaban J connectivity index is 1.76. The van der Waals surface area contributed by atoms with Gasteiger partial charge in [0.05, 0.1) is 38.4 Å². The van der Waals surface area contributed by atoms with E-state index in [1.54, 1.807) is 32.0 Å². The summed E-state index contributed by atoms with van der Waals surface area (Å²) in [6, 6.07) is 6.37. The van der Waals surface area contributed by atoms with Crippen molar-refractivity contribution in [1.29, 1.82) is 0 Å². The number of methoxy groups -OCH3 is 1. The Labute approximate surface area is 191 Å². The maximum Gasteiger partial charge on any atom is 0.348 e. The van der Waals surface area contributed by atoms with E-state index in [4.69, 9.17) is 14.2 Å². The van der Waals surface area contributed by atoms with E-state index in [2.05, 4.69) is 5.32 Å². The number of rotatable bonds is 8. The molecular formula is C21H26N2O7S2. The number of ether oxygens (including phenoxy) is 3. The monoisotopic (exact) mass is 482 g/mol.